The quantitative estimate of drug-likeness (QED) is 0.827. The molecule has 0 bridgehead atoms. The zero-order valence-corrected chi connectivity index (χ0v) is 16.6. The van der Waals surface area contributed by atoms with Crippen molar-refractivity contribution in [2.24, 2.45) is 5.92 Å². The number of ether oxygens (including phenoxy) is 1. The van der Waals surface area contributed by atoms with Crippen LogP contribution in [0.25, 0.3) is 0 Å². The van der Waals surface area contributed by atoms with Gasteiger partial charge < -0.3 is 10.1 Å². The van der Waals surface area contributed by atoms with Crippen LogP contribution < -0.4 is 10.1 Å². The van der Waals surface area contributed by atoms with Crippen LogP contribution >= 0.6 is 0 Å². The first-order valence-electron chi connectivity index (χ1n) is 9.81. The Bertz CT molecular complexity index is 719. The number of carbonyl (C=O) groups is 1. The van der Waals surface area contributed by atoms with Gasteiger partial charge >= 0.3 is 0 Å². The molecule has 0 radical (unpaired) electrons. The second kappa shape index (κ2) is 8.28. The zero-order chi connectivity index (χ0) is 19.4. The van der Waals surface area contributed by atoms with E-state index in [1.807, 2.05) is 13.8 Å². The smallest absolute Gasteiger partial charge is 0.235 e. The summed E-state index contributed by atoms with van der Waals surface area (Å²) in [6, 6.07) is 8.73. The number of nitriles is 1. The normalized spacial score (nSPS) is 19.8. The molecule has 2 heterocycles. The number of benzene rings is 1. The molecule has 1 amide bonds. The van der Waals surface area contributed by atoms with Crippen LogP contribution in [0, 0.1) is 17.2 Å². The highest BCUT2D eigenvalue weighted by Crippen LogP contribution is 2.26. The third-order valence-corrected chi connectivity index (χ3v) is 5.78. The van der Waals surface area contributed by atoms with E-state index < -0.39 is 5.54 Å². The van der Waals surface area contributed by atoms with Crippen LogP contribution in [0.1, 0.15) is 31.9 Å². The molecule has 1 N–H and O–H groups in total. The predicted octanol–water partition coefficient (Wildman–Crippen LogP) is 1.79. The SMILES string of the molecule is CC(C)[C@@](C)(C#N)NC(=O)CN1CCN(Cc2ccc3c(c2)CCO3)CC1. The number of piperazine rings is 1. The van der Waals surface area contributed by atoms with Crippen LogP contribution in [0.5, 0.6) is 5.75 Å². The summed E-state index contributed by atoms with van der Waals surface area (Å²) >= 11 is 0. The molecule has 2 aliphatic rings. The number of amides is 1. The molecule has 6 nitrogen and oxygen atoms in total. The fraction of sp³-hybridized carbons (Fsp3) is 0.619. The van der Waals surface area contributed by atoms with Crippen LogP contribution in [-0.4, -0.2) is 60.6 Å². The first-order chi connectivity index (χ1) is 12.9. The van der Waals surface area contributed by atoms with E-state index in [2.05, 4.69) is 39.4 Å². The van der Waals surface area contributed by atoms with Crippen LogP contribution in [0.15, 0.2) is 18.2 Å². The summed E-state index contributed by atoms with van der Waals surface area (Å²) in [6.07, 6.45) is 1.00. The average molecular weight is 370 g/mol. The van der Waals surface area contributed by atoms with E-state index in [1.54, 1.807) is 6.92 Å². The van der Waals surface area contributed by atoms with Gasteiger partial charge in [0.15, 0.2) is 0 Å². The lowest BCUT2D eigenvalue weighted by molar-refractivity contribution is -0.124. The molecule has 2 aliphatic heterocycles. The highest BCUT2D eigenvalue weighted by molar-refractivity contribution is 5.79. The maximum atomic E-state index is 12.3. The van der Waals surface area contributed by atoms with Gasteiger partial charge in [-0.2, -0.15) is 5.26 Å². The number of rotatable bonds is 6. The van der Waals surface area contributed by atoms with Gasteiger partial charge in [-0.15, -0.1) is 0 Å². The van der Waals surface area contributed by atoms with E-state index in [4.69, 9.17) is 4.74 Å². The summed E-state index contributed by atoms with van der Waals surface area (Å²) in [4.78, 5) is 16.9. The molecule has 1 saturated heterocycles. The van der Waals surface area contributed by atoms with Crippen molar-refractivity contribution in [3.63, 3.8) is 0 Å². The van der Waals surface area contributed by atoms with Crippen LogP contribution in [0.2, 0.25) is 0 Å². The van der Waals surface area contributed by atoms with Gasteiger partial charge in [-0.3, -0.25) is 14.6 Å². The van der Waals surface area contributed by atoms with Crippen LogP contribution in [0.4, 0.5) is 0 Å². The number of nitrogens with one attached hydrogen (secondary N) is 1. The highest BCUT2D eigenvalue weighted by atomic mass is 16.5. The number of carbonyl (C=O) groups excluding carboxylic acids is 1. The zero-order valence-electron chi connectivity index (χ0n) is 16.6. The van der Waals surface area contributed by atoms with Crippen LogP contribution in [0.3, 0.4) is 0 Å². The molecule has 146 valence electrons. The number of hydrogen-bond donors (Lipinski definition) is 1. The first kappa shape index (κ1) is 19.7. The molecular formula is C21H30N4O2. The van der Waals surface area contributed by atoms with Crippen molar-refractivity contribution in [1.82, 2.24) is 15.1 Å². The largest absolute Gasteiger partial charge is 0.493 e. The maximum Gasteiger partial charge on any atom is 0.235 e. The standard InChI is InChI=1S/C21H30N4O2/c1-16(2)21(3,15-22)23-20(26)14-25-9-7-24(8-10-25)13-17-4-5-19-18(12-17)6-11-27-19/h4-5,12,16H,6-11,13-14H2,1-3H3,(H,23,26)/t21-/m1/s1. The van der Waals surface area contributed by atoms with E-state index in [1.165, 1.54) is 11.1 Å². The third kappa shape index (κ3) is 4.79. The lowest BCUT2D eigenvalue weighted by Gasteiger charge is -2.35. The first-order valence-corrected chi connectivity index (χ1v) is 9.81. The molecule has 0 unspecified atom stereocenters. The summed E-state index contributed by atoms with van der Waals surface area (Å²) in [5, 5.41) is 12.2. The molecule has 27 heavy (non-hydrogen) atoms. The van der Waals surface area contributed by atoms with Crippen molar-refractivity contribution < 1.29 is 9.53 Å². The molecule has 0 spiro atoms. The Hall–Kier alpha value is -2.10. The summed E-state index contributed by atoms with van der Waals surface area (Å²) < 4.78 is 5.57. The van der Waals surface area contributed by atoms with Crippen molar-refractivity contribution in [3.05, 3.63) is 29.3 Å². The molecule has 1 atom stereocenters. The molecule has 1 fully saturated rings. The molecule has 1 aromatic carbocycles. The molecule has 1 aromatic rings. The topological polar surface area (TPSA) is 68.6 Å². The molecular weight excluding hydrogens is 340 g/mol. The highest BCUT2D eigenvalue weighted by Gasteiger charge is 2.30. The van der Waals surface area contributed by atoms with E-state index in [-0.39, 0.29) is 11.8 Å². The van der Waals surface area contributed by atoms with Crippen molar-refractivity contribution in [1.29, 1.82) is 5.26 Å². The maximum absolute atomic E-state index is 12.3. The van der Waals surface area contributed by atoms with Gasteiger partial charge in [-0.1, -0.05) is 26.0 Å². The van der Waals surface area contributed by atoms with Crippen molar-refractivity contribution in [3.8, 4) is 11.8 Å². The summed E-state index contributed by atoms with van der Waals surface area (Å²) in [5.41, 5.74) is 1.83. The monoisotopic (exact) mass is 370 g/mol. The summed E-state index contributed by atoms with van der Waals surface area (Å²) in [7, 11) is 0. The minimum atomic E-state index is -0.809. The Labute approximate surface area is 162 Å². The van der Waals surface area contributed by atoms with E-state index in [9.17, 15) is 10.1 Å². The second-order valence-electron chi connectivity index (χ2n) is 8.11. The molecule has 3 rings (SSSR count). The van der Waals surface area contributed by atoms with Gasteiger partial charge in [0.25, 0.3) is 0 Å². The van der Waals surface area contributed by atoms with E-state index in [0.717, 1.165) is 51.5 Å². The van der Waals surface area contributed by atoms with Gasteiger partial charge in [0.1, 0.15) is 11.3 Å². The van der Waals surface area contributed by atoms with Crippen LogP contribution in [-0.2, 0) is 17.8 Å². The Kier molecular flexibility index (Phi) is 6.03. The lowest BCUT2D eigenvalue weighted by atomic mass is 9.90. The Morgan fingerprint density at radius 1 is 1.30 bits per heavy atom. The Morgan fingerprint density at radius 2 is 2.00 bits per heavy atom. The Balaban J connectivity index is 1.45. The van der Waals surface area contributed by atoms with Gasteiger partial charge in [-0.05, 0) is 30.0 Å². The lowest BCUT2D eigenvalue weighted by Crippen LogP contribution is -2.54. The van der Waals surface area contributed by atoms with Crippen molar-refractivity contribution in [2.75, 3.05) is 39.3 Å². The summed E-state index contributed by atoms with van der Waals surface area (Å²) in [5.74, 6) is 1.03. The van der Waals surface area contributed by atoms with Gasteiger partial charge in [-0.25, -0.2) is 0 Å². The van der Waals surface area contributed by atoms with E-state index in [0.29, 0.717) is 6.54 Å². The Morgan fingerprint density at radius 3 is 2.67 bits per heavy atom. The third-order valence-electron chi connectivity index (χ3n) is 5.78. The van der Waals surface area contributed by atoms with Gasteiger partial charge in [0, 0.05) is 39.1 Å². The molecule has 0 aromatic heterocycles. The number of hydrogen-bond acceptors (Lipinski definition) is 5. The fourth-order valence-electron chi connectivity index (χ4n) is 3.54. The minimum absolute atomic E-state index is 0.0696. The average Bonchev–Trinajstić information content (AvgIpc) is 3.10. The number of fused-ring (bicyclic) bond motifs is 1. The van der Waals surface area contributed by atoms with Gasteiger partial charge in [0.2, 0.25) is 5.91 Å². The number of nitrogens with zero attached hydrogens (tertiary/aromatic N) is 3. The predicted molar refractivity (Wildman–Crippen MR) is 104 cm³/mol. The molecule has 6 heteroatoms. The second-order valence-corrected chi connectivity index (χ2v) is 8.11. The van der Waals surface area contributed by atoms with Crippen molar-refractivity contribution in [2.45, 2.75) is 39.3 Å². The minimum Gasteiger partial charge on any atom is -0.493 e. The van der Waals surface area contributed by atoms with Gasteiger partial charge in [0.05, 0.1) is 19.2 Å². The fourth-order valence-corrected chi connectivity index (χ4v) is 3.54. The summed E-state index contributed by atoms with van der Waals surface area (Å²) in [6.45, 7) is 11.4. The van der Waals surface area contributed by atoms with E-state index >= 15 is 0 Å². The molecule has 0 saturated carbocycles. The van der Waals surface area contributed by atoms with Crippen molar-refractivity contribution >= 4 is 5.91 Å². The molecule has 0 aliphatic carbocycles.